The smallest absolute Gasteiger partial charge is 0.311 e. The number of ether oxygens (including phenoxy) is 1. The molecular formula is C14H9ClFNO4. The minimum absolute atomic E-state index is 0.0223. The van der Waals surface area contributed by atoms with Gasteiger partial charge in [-0.1, -0.05) is 11.6 Å². The molecule has 2 rings (SSSR count). The van der Waals surface area contributed by atoms with Gasteiger partial charge in [-0.2, -0.15) is 0 Å². The summed E-state index contributed by atoms with van der Waals surface area (Å²) in [5.41, 5.74) is 0.190. The van der Waals surface area contributed by atoms with Crippen molar-refractivity contribution < 1.29 is 18.8 Å². The van der Waals surface area contributed by atoms with Gasteiger partial charge in [0.25, 0.3) is 0 Å². The molecule has 0 radical (unpaired) electrons. The van der Waals surface area contributed by atoms with Crippen LogP contribution in [0.1, 0.15) is 15.9 Å². The lowest BCUT2D eigenvalue weighted by atomic mass is 10.2. The van der Waals surface area contributed by atoms with Crippen molar-refractivity contribution in [3.05, 3.63) is 68.5 Å². The molecule has 0 aliphatic rings. The maximum atomic E-state index is 13.1. The van der Waals surface area contributed by atoms with Crippen molar-refractivity contribution in [3.8, 4) is 5.75 Å². The third-order valence-electron chi connectivity index (χ3n) is 2.71. The third kappa shape index (κ3) is 3.55. The molecule has 0 bridgehead atoms. The van der Waals surface area contributed by atoms with E-state index in [4.69, 9.17) is 16.3 Å². The average molecular weight is 310 g/mol. The van der Waals surface area contributed by atoms with E-state index in [9.17, 15) is 19.3 Å². The number of carbonyl (C=O) groups excluding carboxylic acids is 1. The van der Waals surface area contributed by atoms with Gasteiger partial charge in [0.2, 0.25) is 0 Å². The summed E-state index contributed by atoms with van der Waals surface area (Å²) in [5.74, 6) is -0.505. The van der Waals surface area contributed by atoms with E-state index in [1.54, 1.807) is 0 Å². The number of rotatable bonds is 5. The fourth-order valence-electron chi connectivity index (χ4n) is 1.68. The van der Waals surface area contributed by atoms with Gasteiger partial charge in [-0.25, -0.2) is 4.39 Å². The molecule has 5 nitrogen and oxygen atoms in total. The Labute approximate surface area is 124 Å². The molecule has 0 aliphatic heterocycles. The molecule has 0 saturated carbocycles. The van der Waals surface area contributed by atoms with E-state index in [0.717, 1.165) is 6.07 Å². The van der Waals surface area contributed by atoms with Crippen molar-refractivity contribution in [1.29, 1.82) is 0 Å². The predicted octanol–water partition coefficient (Wildman–Crippen LogP) is 3.78. The van der Waals surface area contributed by atoms with Gasteiger partial charge in [-0.05, 0) is 30.3 Å². The average Bonchev–Trinajstić information content (AvgIpc) is 2.48. The zero-order valence-corrected chi connectivity index (χ0v) is 11.3. The summed E-state index contributed by atoms with van der Waals surface area (Å²) in [7, 11) is 0. The van der Waals surface area contributed by atoms with Crippen LogP contribution in [0.25, 0.3) is 0 Å². The highest BCUT2D eigenvalue weighted by atomic mass is 35.5. The quantitative estimate of drug-likeness (QED) is 0.479. The highest BCUT2D eigenvalue weighted by Gasteiger charge is 2.16. The summed E-state index contributed by atoms with van der Waals surface area (Å²) in [6.45, 7) is -0.127. The summed E-state index contributed by atoms with van der Waals surface area (Å²) in [6, 6.07) is 7.58. The second-order valence-corrected chi connectivity index (χ2v) is 4.53. The molecule has 0 saturated heterocycles. The number of hydrogen-bond acceptors (Lipinski definition) is 4. The lowest BCUT2D eigenvalue weighted by molar-refractivity contribution is -0.386. The van der Waals surface area contributed by atoms with E-state index in [0.29, 0.717) is 16.9 Å². The van der Waals surface area contributed by atoms with Crippen LogP contribution < -0.4 is 4.74 Å². The number of halogens is 2. The van der Waals surface area contributed by atoms with Crippen molar-refractivity contribution in [3.63, 3.8) is 0 Å². The topological polar surface area (TPSA) is 69.4 Å². The van der Waals surface area contributed by atoms with Gasteiger partial charge < -0.3 is 4.74 Å². The second-order valence-electron chi connectivity index (χ2n) is 4.13. The largest absolute Gasteiger partial charge is 0.482 e. The van der Waals surface area contributed by atoms with Gasteiger partial charge >= 0.3 is 5.69 Å². The first kappa shape index (κ1) is 14.9. The van der Waals surface area contributed by atoms with Gasteiger partial charge in [0.05, 0.1) is 4.92 Å². The van der Waals surface area contributed by atoms with Crippen molar-refractivity contribution in [2.75, 3.05) is 0 Å². The summed E-state index contributed by atoms with van der Waals surface area (Å²) < 4.78 is 18.4. The lowest BCUT2D eigenvalue weighted by Gasteiger charge is -2.08. The fourth-order valence-corrected chi connectivity index (χ4v) is 1.85. The second kappa shape index (κ2) is 6.32. The molecular weight excluding hydrogens is 301 g/mol. The molecule has 2 aromatic rings. The van der Waals surface area contributed by atoms with Crippen LogP contribution in [0.2, 0.25) is 5.02 Å². The van der Waals surface area contributed by atoms with E-state index in [2.05, 4.69) is 0 Å². The summed E-state index contributed by atoms with van der Waals surface area (Å²) in [6.07, 6.45) is 0.500. The Morgan fingerprint density at radius 2 is 2.05 bits per heavy atom. The number of carbonyl (C=O) groups is 1. The highest BCUT2D eigenvalue weighted by Crippen LogP contribution is 2.29. The number of hydrogen-bond donors (Lipinski definition) is 0. The SMILES string of the molecule is O=Cc1ccc(OCc2cc(F)ccc2Cl)c([N+](=O)[O-])c1. The monoisotopic (exact) mass is 309 g/mol. The standard InChI is InChI=1S/C14H9ClFNO4/c15-12-3-2-11(16)6-10(12)8-21-14-4-1-9(7-18)5-13(14)17(19)20/h1-7H,8H2. The fraction of sp³-hybridized carbons (Fsp3) is 0.0714. The first-order chi connectivity index (χ1) is 10.0. The van der Waals surface area contributed by atoms with Crippen LogP contribution >= 0.6 is 11.6 Å². The van der Waals surface area contributed by atoms with Crippen LogP contribution in [0.15, 0.2) is 36.4 Å². The first-order valence-corrected chi connectivity index (χ1v) is 6.19. The third-order valence-corrected chi connectivity index (χ3v) is 3.08. The van der Waals surface area contributed by atoms with Gasteiger partial charge in [0.15, 0.2) is 5.75 Å². The van der Waals surface area contributed by atoms with Crippen LogP contribution in [0.4, 0.5) is 10.1 Å². The molecule has 0 N–H and O–H groups in total. The molecule has 0 heterocycles. The Balaban J connectivity index is 2.25. The van der Waals surface area contributed by atoms with Crippen LogP contribution in [-0.4, -0.2) is 11.2 Å². The van der Waals surface area contributed by atoms with Crippen molar-refractivity contribution in [1.82, 2.24) is 0 Å². The van der Waals surface area contributed by atoms with Crippen LogP contribution in [0.3, 0.4) is 0 Å². The van der Waals surface area contributed by atoms with Crippen molar-refractivity contribution >= 4 is 23.6 Å². The molecule has 0 unspecified atom stereocenters. The van der Waals surface area contributed by atoms with E-state index in [1.807, 2.05) is 0 Å². The Morgan fingerprint density at radius 3 is 2.71 bits per heavy atom. The number of benzene rings is 2. The number of nitro benzene ring substituents is 1. The molecule has 0 atom stereocenters. The van der Waals surface area contributed by atoms with Gasteiger partial charge in [0.1, 0.15) is 18.7 Å². The van der Waals surface area contributed by atoms with Gasteiger partial charge in [-0.3, -0.25) is 14.9 Å². The minimum Gasteiger partial charge on any atom is -0.482 e. The van der Waals surface area contributed by atoms with E-state index < -0.39 is 10.7 Å². The molecule has 0 spiro atoms. The molecule has 0 fully saturated rings. The molecule has 0 aliphatic carbocycles. The number of nitro groups is 1. The van der Waals surface area contributed by atoms with Crippen LogP contribution in [0.5, 0.6) is 5.75 Å². The first-order valence-electron chi connectivity index (χ1n) is 5.81. The molecule has 108 valence electrons. The maximum Gasteiger partial charge on any atom is 0.311 e. The Kier molecular flexibility index (Phi) is 4.49. The minimum atomic E-state index is -0.657. The highest BCUT2D eigenvalue weighted by molar-refractivity contribution is 6.31. The summed E-state index contributed by atoms with van der Waals surface area (Å²) in [4.78, 5) is 20.9. The maximum absolute atomic E-state index is 13.1. The van der Waals surface area contributed by atoms with Crippen LogP contribution in [0, 0.1) is 15.9 Å². The Bertz CT molecular complexity index is 705. The van der Waals surface area contributed by atoms with Gasteiger partial charge in [-0.15, -0.1) is 0 Å². The Morgan fingerprint density at radius 1 is 1.29 bits per heavy atom. The molecule has 0 aromatic heterocycles. The molecule has 21 heavy (non-hydrogen) atoms. The van der Waals surface area contributed by atoms with Crippen molar-refractivity contribution in [2.24, 2.45) is 0 Å². The zero-order valence-electron chi connectivity index (χ0n) is 10.6. The normalized spacial score (nSPS) is 10.2. The zero-order chi connectivity index (χ0) is 15.4. The summed E-state index contributed by atoms with van der Waals surface area (Å²) >= 11 is 5.89. The number of nitrogens with zero attached hydrogens (tertiary/aromatic N) is 1. The van der Waals surface area contributed by atoms with E-state index in [1.165, 1.54) is 30.3 Å². The van der Waals surface area contributed by atoms with Crippen LogP contribution in [-0.2, 0) is 6.61 Å². The molecule has 0 amide bonds. The molecule has 2 aromatic carbocycles. The summed E-state index contributed by atoms with van der Waals surface area (Å²) in [5, 5.41) is 11.2. The molecule has 7 heteroatoms. The van der Waals surface area contributed by atoms with Crippen molar-refractivity contribution in [2.45, 2.75) is 6.61 Å². The van der Waals surface area contributed by atoms with E-state index >= 15 is 0 Å². The lowest BCUT2D eigenvalue weighted by Crippen LogP contribution is -2.01. The van der Waals surface area contributed by atoms with Gasteiger partial charge in [0, 0.05) is 22.2 Å². The number of aldehydes is 1. The predicted molar refractivity (Wildman–Crippen MR) is 74.2 cm³/mol. The Hall–Kier alpha value is -2.47. The van der Waals surface area contributed by atoms with E-state index in [-0.39, 0.29) is 23.6 Å².